The third-order valence-corrected chi connectivity index (χ3v) is 4.61. The summed E-state index contributed by atoms with van der Waals surface area (Å²) in [5.41, 5.74) is 0. The van der Waals surface area contributed by atoms with Crippen LogP contribution in [0.15, 0.2) is 36.7 Å². The van der Waals surface area contributed by atoms with E-state index in [0.29, 0.717) is 48.8 Å². The number of carbonyl (C=O) groups excluding carboxylic acids is 2. The quantitative estimate of drug-likeness (QED) is 0.570. The molecule has 0 bridgehead atoms. The van der Waals surface area contributed by atoms with E-state index in [-0.39, 0.29) is 11.8 Å². The minimum Gasteiger partial charge on any atom is -0.493 e. The molecule has 156 valence electrons. The van der Waals surface area contributed by atoms with Crippen LogP contribution in [0.1, 0.15) is 32.1 Å². The van der Waals surface area contributed by atoms with Gasteiger partial charge in [-0.3, -0.25) is 19.4 Å². The Kier molecular flexibility index (Phi) is 8.39. The lowest BCUT2D eigenvalue weighted by atomic mass is 10.1. The molecule has 0 saturated carbocycles. The smallest absolute Gasteiger partial charge is 0.227 e. The monoisotopic (exact) mass is 400 g/mol. The first-order chi connectivity index (χ1) is 14.0. The van der Waals surface area contributed by atoms with Crippen LogP contribution in [0.2, 0.25) is 0 Å². The molecule has 2 heterocycles. The van der Waals surface area contributed by atoms with Crippen molar-refractivity contribution in [3.8, 4) is 11.5 Å². The number of nitrogens with zero attached hydrogens (tertiary/aromatic N) is 4. The number of amides is 2. The molecule has 2 aromatic rings. The third-order valence-electron chi connectivity index (χ3n) is 4.61. The van der Waals surface area contributed by atoms with E-state index in [1.165, 1.54) is 9.80 Å². The van der Waals surface area contributed by atoms with Gasteiger partial charge in [-0.15, -0.1) is 0 Å². The Bertz CT molecular complexity index is 760. The number of hydrogen-bond donors (Lipinski definition) is 0. The minimum absolute atomic E-state index is 0.0383. The fourth-order valence-corrected chi connectivity index (χ4v) is 2.89. The van der Waals surface area contributed by atoms with E-state index in [1.807, 2.05) is 0 Å². The molecule has 0 radical (unpaired) electrons. The van der Waals surface area contributed by atoms with Gasteiger partial charge in [0.1, 0.15) is 0 Å². The number of pyridine rings is 2. The third kappa shape index (κ3) is 5.91. The van der Waals surface area contributed by atoms with E-state index in [1.54, 1.807) is 65.0 Å². The van der Waals surface area contributed by atoms with Gasteiger partial charge in [-0.05, 0) is 37.1 Å². The topological polar surface area (TPSA) is 84.9 Å². The predicted octanol–water partition coefficient (Wildman–Crippen LogP) is 3.07. The Hall–Kier alpha value is -3.16. The molecule has 0 spiro atoms. The molecule has 0 fully saturated rings. The van der Waals surface area contributed by atoms with Crippen LogP contribution in [0, 0.1) is 0 Å². The van der Waals surface area contributed by atoms with Gasteiger partial charge in [-0.2, -0.15) is 0 Å². The summed E-state index contributed by atoms with van der Waals surface area (Å²) in [6, 6.07) is 7.06. The van der Waals surface area contributed by atoms with E-state index in [9.17, 15) is 9.59 Å². The van der Waals surface area contributed by atoms with Gasteiger partial charge in [0.25, 0.3) is 0 Å². The number of carbonyl (C=O) groups is 2. The maximum Gasteiger partial charge on any atom is 0.227 e. The summed E-state index contributed by atoms with van der Waals surface area (Å²) >= 11 is 0. The molecule has 29 heavy (non-hydrogen) atoms. The predicted molar refractivity (Wildman–Crippen MR) is 111 cm³/mol. The molecule has 2 amide bonds. The maximum atomic E-state index is 12.4. The van der Waals surface area contributed by atoms with Gasteiger partial charge < -0.3 is 9.47 Å². The van der Waals surface area contributed by atoms with Crippen LogP contribution in [0.25, 0.3) is 0 Å². The van der Waals surface area contributed by atoms with Gasteiger partial charge in [-0.25, -0.2) is 9.97 Å². The highest BCUT2D eigenvalue weighted by Crippen LogP contribution is 2.25. The molecule has 2 aromatic heterocycles. The van der Waals surface area contributed by atoms with Crippen LogP contribution in [0.4, 0.5) is 11.6 Å². The first kappa shape index (κ1) is 22.1. The summed E-state index contributed by atoms with van der Waals surface area (Å²) in [6.45, 7) is 0. The van der Waals surface area contributed by atoms with Crippen LogP contribution in [0.3, 0.4) is 0 Å². The number of hydrogen-bond acceptors (Lipinski definition) is 6. The number of anilines is 2. The Morgan fingerprint density at radius 3 is 1.59 bits per heavy atom. The van der Waals surface area contributed by atoms with Gasteiger partial charge >= 0.3 is 0 Å². The van der Waals surface area contributed by atoms with E-state index in [2.05, 4.69) is 9.97 Å². The average Bonchev–Trinajstić information content (AvgIpc) is 2.77. The molecule has 0 aliphatic heterocycles. The molecule has 0 unspecified atom stereocenters. The molecular weight excluding hydrogens is 372 g/mol. The fourth-order valence-electron chi connectivity index (χ4n) is 2.89. The van der Waals surface area contributed by atoms with Gasteiger partial charge in [0, 0.05) is 39.3 Å². The minimum atomic E-state index is -0.0383. The van der Waals surface area contributed by atoms with Crippen LogP contribution in [0.5, 0.6) is 11.5 Å². The van der Waals surface area contributed by atoms with Gasteiger partial charge in [0.2, 0.25) is 11.8 Å². The van der Waals surface area contributed by atoms with Crippen LogP contribution < -0.4 is 19.3 Å². The first-order valence-electron chi connectivity index (χ1n) is 9.50. The van der Waals surface area contributed by atoms with Gasteiger partial charge in [-0.1, -0.05) is 6.42 Å². The van der Waals surface area contributed by atoms with Crippen molar-refractivity contribution < 1.29 is 19.1 Å². The second kappa shape index (κ2) is 11.0. The van der Waals surface area contributed by atoms with Crippen LogP contribution >= 0.6 is 0 Å². The lowest BCUT2D eigenvalue weighted by molar-refractivity contribution is -0.118. The number of ether oxygens (including phenoxy) is 2. The van der Waals surface area contributed by atoms with Crippen molar-refractivity contribution in [1.29, 1.82) is 0 Å². The summed E-state index contributed by atoms with van der Waals surface area (Å²) in [4.78, 5) is 36.2. The van der Waals surface area contributed by atoms with Crippen molar-refractivity contribution >= 4 is 23.5 Å². The molecular formula is C21H28N4O4. The maximum absolute atomic E-state index is 12.4. The Balaban J connectivity index is 1.76. The first-order valence-corrected chi connectivity index (χ1v) is 9.50. The normalized spacial score (nSPS) is 10.3. The highest BCUT2D eigenvalue weighted by atomic mass is 16.5. The van der Waals surface area contributed by atoms with Crippen molar-refractivity contribution in [3.05, 3.63) is 36.7 Å². The molecule has 0 N–H and O–H groups in total. The molecule has 8 nitrogen and oxygen atoms in total. The SMILES string of the molecule is COc1cccnc1N(C)C(=O)CCCCCC(=O)N(C)c1ncccc1OC. The molecule has 0 saturated heterocycles. The number of rotatable bonds is 10. The van der Waals surface area contributed by atoms with Crippen LogP contribution in [-0.4, -0.2) is 50.1 Å². The molecule has 0 aromatic carbocycles. The number of methoxy groups -OCH3 is 2. The summed E-state index contributed by atoms with van der Waals surface area (Å²) in [5.74, 6) is 2.04. The standard InChI is InChI=1S/C21H28N4O4/c1-24(20-16(28-3)10-8-14-22-20)18(26)12-6-5-7-13-19(27)25(2)21-17(29-4)11-9-15-23-21/h8-11,14-15H,5-7,12-13H2,1-4H3. The average molecular weight is 400 g/mol. The number of unbranched alkanes of at least 4 members (excludes halogenated alkanes) is 2. The lowest BCUT2D eigenvalue weighted by Gasteiger charge is -2.19. The van der Waals surface area contributed by atoms with E-state index in [0.717, 1.165) is 6.42 Å². The number of aromatic nitrogens is 2. The summed E-state index contributed by atoms with van der Waals surface area (Å²) in [6.07, 6.45) is 6.19. The Morgan fingerprint density at radius 2 is 1.21 bits per heavy atom. The lowest BCUT2D eigenvalue weighted by Crippen LogP contribution is -2.27. The zero-order valence-corrected chi connectivity index (χ0v) is 17.4. The molecule has 0 aliphatic rings. The Labute approximate surface area is 171 Å². The molecule has 0 aliphatic carbocycles. The van der Waals surface area contributed by atoms with E-state index >= 15 is 0 Å². The van der Waals surface area contributed by atoms with E-state index in [4.69, 9.17) is 9.47 Å². The largest absolute Gasteiger partial charge is 0.493 e. The second-order valence-electron chi connectivity index (χ2n) is 6.52. The highest BCUT2D eigenvalue weighted by molar-refractivity contribution is 5.93. The second-order valence-corrected chi connectivity index (χ2v) is 6.52. The zero-order chi connectivity index (χ0) is 21.2. The summed E-state index contributed by atoms with van der Waals surface area (Å²) in [7, 11) is 6.47. The molecule has 0 atom stereocenters. The Morgan fingerprint density at radius 1 is 0.793 bits per heavy atom. The van der Waals surface area contributed by atoms with Crippen molar-refractivity contribution in [2.24, 2.45) is 0 Å². The summed E-state index contributed by atoms with van der Waals surface area (Å²) < 4.78 is 10.5. The summed E-state index contributed by atoms with van der Waals surface area (Å²) in [5, 5.41) is 0. The van der Waals surface area contributed by atoms with Crippen LogP contribution in [-0.2, 0) is 9.59 Å². The molecule has 8 heteroatoms. The fraction of sp³-hybridized carbons (Fsp3) is 0.429. The van der Waals surface area contributed by atoms with Gasteiger partial charge in [0.15, 0.2) is 23.1 Å². The zero-order valence-electron chi connectivity index (χ0n) is 17.4. The van der Waals surface area contributed by atoms with E-state index < -0.39 is 0 Å². The van der Waals surface area contributed by atoms with Crippen molar-refractivity contribution in [2.75, 3.05) is 38.1 Å². The van der Waals surface area contributed by atoms with Crippen molar-refractivity contribution in [2.45, 2.75) is 32.1 Å². The van der Waals surface area contributed by atoms with Crippen molar-refractivity contribution in [1.82, 2.24) is 9.97 Å². The van der Waals surface area contributed by atoms with Crippen molar-refractivity contribution in [3.63, 3.8) is 0 Å². The molecule has 2 rings (SSSR count). The van der Waals surface area contributed by atoms with Gasteiger partial charge in [0.05, 0.1) is 14.2 Å². The highest BCUT2D eigenvalue weighted by Gasteiger charge is 2.17.